The molecule has 10 heavy (non-hydrogen) atoms. The maximum absolute atomic E-state index is 9.98. The minimum absolute atomic E-state index is 0.116. The highest BCUT2D eigenvalue weighted by molar-refractivity contribution is 5.43. The fourth-order valence-corrected chi connectivity index (χ4v) is 0.531. The van der Waals surface area contributed by atoms with Gasteiger partial charge in [0.1, 0.15) is 6.33 Å². The van der Waals surface area contributed by atoms with Crippen LogP contribution in [0, 0.1) is 4.91 Å². The van der Waals surface area contributed by atoms with Gasteiger partial charge < -0.3 is 4.74 Å². The van der Waals surface area contributed by atoms with Crippen molar-refractivity contribution in [1.29, 1.82) is 0 Å². The average molecular weight is 139 g/mol. The van der Waals surface area contributed by atoms with Crippen molar-refractivity contribution in [3.8, 4) is 5.88 Å². The van der Waals surface area contributed by atoms with Gasteiger partial charge in [0.2, 0.25) is 5.88 Å². The SMILES string of the molecule is COc1ncncc1N=O. The Labute approximate surface area is 57.0 Å². The van der Waals surface area contributed by atoms with Gasteiger partial charge in [0.05, 0.1) is 13.3 Å². The third kappa shape index (κ3) is 1.07. The number of nitroso groups, excluding NO2 is 1. The maximum atomic E-state index is 9.98. The predicted molar refractivity (Wildman–Crippen MR) is 34.0 cm³/mol. The number of hydrogen-bond donors (Lipinski definition) is 0. The van der Waals surface area contributed by atoms with Gasteiger partial charge in [-0.3, -0.25) is 0 Å². The quantitative estimate of drug-likeness (QED) is 0.570. The van der Waals surface area contributed by atoms with Crippen molar-refractivity contribution in [2.45, 2.75) is 0 Å². The van der Waals surface area contributed by atoms with E-state index in [-0.39, 0.29) is 11.6 Å². The van der Waals surface area contributed by atoms with Crippen LogP contribution in [0.25, 0.3) is 0 Å². The molecule has 0 aliphatic carbocycles. The van der Waals surface area contributed by atoms with Gasteiger partial charge in [-0.15, -0.1) is 4.91 Å². The lowest BCUT2D eigenvalue weighted by Crippen LogP contribution is -1.87. The van der Waals surface area contributed by atoms with Crippen molar-refractivity contribution in [3.05, 3.63) is 17.4 Å². The lowest BCUT2D eigenvalue weighted by atomic mass is 10.5. The Morgan fingerprint density at radius 1 is 1.70 bits per heavy atom. The van der Waals surface area contributed by atoms with Gasteiger partial charge in [0, 0.05) is 0 Å². The van der Waals surface area contributed by atoms with Gasteiger partial charge >= 0.3 is 0 Å². The standard InChI is InChI=1S/C5H5N3O2/c1-10-5-4(8-9)2-6-3-7-5/h2-3H,1H3. The summed E-state index contributed by atoms with van der Waals surface area (Å²) in [5.74, 6) is 0.199. The van der Waals surface area contributed by atoms with Gasteiger partial charge in [0.15, 0.2) is 5.69 Å². The lowest BCUT2D eigenvalue weighted by Gasteiger charge is -1.96. The van der Waals surface area contributed by atoms with Crippen molar-refractivity contribution in [2.75, 3.05) is 7.11 Å². The van der Waals surface area contributed by atoms with Crippen LogP contribution in [-0.2, 0) is 0 Å². The Balaban J connectivity index is 3.08. The largest absolute Gasteiger partial charge is 0.479 e. The molecule has 0 aliphatic rings. The first kappa shape index (κ1) is 6.60. The molecule has 0 aliphatic heterocycles. The number of hydrogen-bond acceptors (Lipinski definition) is 5. The zero-order valence-electron chi connectivity index (χ0n) is 5.31. The van der Waals surface area contributed by atoms with Crippen LogP contribution in [0.4, 0.5) is 5.69 Å². The van der Waals surface area contributed by atoms with Crippen molar-refractivity contribution in [1.82, 2.24) is 9.97 Å². The summed E-state index contributed by atoms with van der Waals surface area (Å²) in [5, 5.41) is 2.64. The lowest BCUT2D eigenvalue weighted by molar-refractivity contribution is 0.398. The first-order valence-electron chi connectivity index (χ1n) is 2.56. The van der Waals surface area contributed by atoms with Gasteiger partial charge in [-0.2, -0.15) is 4.98 Å². The summed E-state index contributed by atoms with van der Waals surface area (Å²) in [6, 6.07) is 0. The summed E-state index contributed by atoms with van der Waals surface area (Å²) in [4.78, 5) is 17.2. The van der Waals surface area contributed by atoms with Crippen LogP contribution in [0.1, 0.15) is 0 Å². The molecule has 5 nitrogen and oxygen atoms in total. The molecule has 0 unspecified atom stereocenters. The van der Waals surface area contributed by atoms with E-state index in [0.29, 0.717) is 0 Å². The Morgan fingerprint density at radius 2 is 2.50 bits per heavy atom. The molecule has 0 spiro atoms. The molecule has 5 heteroatoms. The number of rotatable bonds is 2. The summed E-state index contributed by atoms with van der Waals surface area (Å²) in [7, 11) is 1.41. The van der Waals surface area contributed by atoms with Crippen molar-refractivity contribution < 1.29 is 4.74 Å². The molecule has 0 amide bonds. The predicted octanol–water partition coefficient (Wildman–Crippen LogP) is 0.883. The van der Waals surface area contributed by atoms with Crippen LogP contribution in [0.3, 0.4) is 0 Å². The monoisotopic (exact) mass is 139 g/mol. The third-order valence-corrected chi connectivity index (χ3v) is 0.949. The van der Waals surface area contributed by atoms with Gasteiger partial charge in [-0.25, -0.2) is 4.98 Å². The van der Waals surface area contributed by atoms with E-state index in [0.717, 1.165) is 0 Å². The second-order valence-corrected chi connectivity index (χ2v) is 1.51. The minimum atomic E-state index is 0.116. The van der Waals surface area contributed by atoms with Crippen molar-refractivity contribution in [3.63, 3.8) is 0 Å². The molecule has 0 fully saturated rings. The van der Waals surface area contributed by atoms with E-state index in [4.69, 9.17) is 4.74 Å². The topological polar surface area (TPSA) is 64.4 Å². The highest BCUT2D eigenvalue weighted by Crippen LogP contribution is 2.20. The molecule has 1 heterocycles. The van der Waals surface area contributed by atoms with E-state index in [1.54, 1.807) is 0 Å². The highest BCUT2D eigenvalue weighted by Gasteiger charge is 2.01. The van der Waals surface area contributed by atoms with Crippen LogP contribution in [0.15, 0.2) is 17.7 Å². The van der Waals surface area contributed by atoms with Crippen LogP contribution in [-0.4, -0.2) is 17.1 Å². The van der Waals surface area contributed by atoms with E-state index < -0.39 is 0 Å². The second kappa shape index (κ2) is 2.86. The van der Waals surface area contributed by atoms with Crippen LogP contribution in [0.2, 0.25) is 0 Å². The summed E-state index contributed by atoms with van der Waals surface area (Å²) in [6.07, 6.45) is 2.58. The molecular formula is C5H5N3O2. The van der Waals surface area contributed by atoms with Crippen molar-refractivity contribution in [2.24, 2.45) is 5.18 Å². The zero-order chi connectivity index (χ0) is 7.40. The first-order valence-corrected chi connectivity index (χ1v) is 2.56. The maximum Gasteiger partial charge on any atom is 0.246 e. The summed E-state index contributed by atoms with van der Waals surface area (Å²) < 4.78 is 4.69. The molecule has 1 aromatic rings. The van der Waals surface area contributed by atoms with Crippen LogP contribution in [0.5, 0.6) is 5.88 Å². The molecule has 0 saturated heterocycles. The van der Waals surface area contributed by atoms with Gasteiger partial charge in [-0.05, 0) is 5.18 Å². The average Bonchev–Trinajstić information content (AvgIpc) is 2.04. The van der Waals surface area contributed by atoms with Crippen LogP contribution >= 0.6 is 0 Å². The molecule has 1 rings (SSSR count). The number of ether oxygens (including phenoxy) is 1. The molecule has 0 atom stereocenters. The second-order valence-electron chi connectivity index (χ2n) is 1.51. The highest BCUT2D eigenvalue weighted by atomic mass is 16.5. The molecule has 0 aromatic carbocycles. The fraction of sp³-hybridized carbons (Fsp3) is 0.200. The number of nitrogens with zero attached hydrogens (tertiary/aromatic N) is 3. The Kier molecular flexibility index (Phi) is 1.89. The van der Waals surface area contributed by atoms with Crippen molar-refractivity contribution >= 4 is 5.69 Å². The Bertz CT molecular complexity index is 238. The molecule has 52 valence electrons. The molecule has 1 aromatic heterocycles. The molecular weight excluding hydrogens is 134 g/mol. The molecule has 0 saturated carbocycles. The molecule has 0 N–H and O–H groups in total. The number of aromatic nitrogens is 2. The van der Waals surface area contributed by atoms with Gasteiger partial charge in [-0.1, -0.05) is 0 Å². The Hall–Kier alpha value is -1.52. The smallest absolute Gasteiger partial charge is 0.246 e. The summed E-state index contributed by atoms with van der Waals surface area (Å²) in [5.41, 5.74) is 0.116. The Morgan fingerprint density at radius 3 is 3.00 bits per heavy atom. The summed E-state index contributed by atoms with van der Waals surface area (Å²) in [6.45, 7) is 0. The van der Waals surface area contributed by atoms with E-state index in [1.165, 1.54) is 19.6 Å². The minimum Gasteiger partial charge on any atom is -0.479 e. The molecule has 0 bridgehead atoms. The van der Waals surface area contributed by atoms with E-state index in [9.17, 15) is 4.91 Å². The van der Waals surface area contributed by atoms with Crippen LogP contribution < -0.4 is 4.74 Å². The fourth-order valence-electron chi connectivity index (χ4n) is 0.531. The molecule has 0 radical (unpaired) electrons. The normalized spacial score (nSPS) is 8.90. The van der Waals surface area contributed by atoms with Gasteiger partial charge in [0.25, 0.3) is 0 Å². The first-order chi connectivity index (χ1) is 4.88. The van der Waals surface area contributed by atoms with E-state index in [1.807, 2.05) is 0 Å². The summed E-state index contributed by atoms with van der Waals surface area (Å²) >= 11 is 0. The number of methoxy groups -OCH3 is 1. The zero-order valence-corrected chi connectivity index (χ0v) is 5.31. The third-order valence-electron chi connectivity index (χ3n) is 0.949. The van der Waals surface area contributed by atoms with E-state index >= 15 is 0 Å². The van der Waals surface area contributed by atoms with E-state index in [2.05, 4.69) is 15.1 Å².